The normalized spacial score (nSPS) is 13.0. The molecule has 9 rings (SSSR count). The molecule has 0 fully saturated rings. The molecule has 0 N–H and O–H groups in total. The van der Waals surface area contributed by atoms with Crippen LogP contribution in [0.25, 0.3) is 72.6 Å². The molecule has 0 aliphatic carbocycles. The number of para-hydroxylation sites is 3. The van der Waals surface area contributed by atoms with Crippen LogP contribution in [0.4, 0.5) is 0 Å². The summed E-state index contributed by atoms with van der Waals surface area (Å²) in [6.07, 6.45) is 4.45. The van der Waals surface area contributed by atoms with Gasteiger partial charge in [-0.3, -0.25) is 4.98 Å². The largest absolute Gasteiger partial charge is 0.557 e. The number of imidazole rings is 1. The van der Waals surface area contributed by atoms with Gasteiger partial charge in [0.15, 0.2) is 0 Å². The van der Waals surface area contributed by atoms with Gasteiger partial charge in [-0.25, -0.2) is 0 Å². The van der Waals surface area contributed by atoms with Crippen molar-refractivity contribution in [1.29, 1.82) is 0 Å². The number of hydrogen-bond donors (Lipinski definition) is 0. The third-order valence-corrected chi connectivity index (χ3v) is 8.49. The van der Waals surface area contributed by atoms with Crippen molar-refractivity contribution < 1.29 is 32.7 Å². The van der Waals surface area contributed by atoms with Gasteiger partial charge in [0.2, 0.25) is 0 Å². The van der Waals surface area contributed by atoms with Crippen LogP contribution in [0.15, 0.2) is 168 Å². The molecule has 249 valence electrons. The molecule has 0 saturated heterocycles. The average molecular weight is 842 g/mol. The van der Waals surface area contributed by atoms with Crippen molar-refractivity contribution >= 4 is 22.0 Å². The molecule has 6 aromatic carbocycles. The molecule has 5 heteroatoms. The standard InChI is InChI=1S/C33H21N2O.C13H12N.Ir/c1-3-9-23(10-4-1)24-15-17-25(18-16-24)26-19-20-32-28(21-26)29(22-36-32)33-34-30-13-7-8-14-31(30)35(33)27-11-5-2-6-12-27;1-10-3-6-12(7-4-10)13-8-5-11(2)9-14-13;/h1-21H;3-6,8-9H,1-2H3;/q2*-1;/i;1D3,2D3;. The zero-order chi connectivity index (χ0) is 38.9. The Morgan fingerprint density at radius 2 is 1.31 bits per heavy atom. The van der Waals surface area contributed by atoms with E-state index < -0.39 is 13.7 Å². The van der Waals surface area contributed by atoms with Crippen LogP contribution in [0.5, 0.6) is 0 Å². The van der Waals surface area contributed by atoms with Crippen molar-refractivity contribution in [2.75, 3.05) is 0 Å². The van der Waals surface area contributed by atoms with E-state index in [1.807, 2.05) is 48.5 Å². The Kier molecular flexibility index (Phi) is 7.89. The van der Waals surface area contributed by atoms with Crippen LogP contribution in [0, 0.1) is 26.0 Å². The van der Waals surface area contributed by atoms with Crippen LogP contribution in [0.3, 0.4) is 0 Å². The van der Waals surface area contributed by atoms with Crippen molar-refractivity contribution in [2.24, 2.45) is 0 Å². The molecule has 0 unspecified atom stereocenters. The van der Waals surface area contributed by atoms with Crippen molar-refractivity contribution in [3.63, 3.8) is 0 Å². The van der Waals surface area contributed by atoms with E-state index in [-0.39, 0.29) is 31.2 Å². The Bertz CT molecular complexity index is 2690. The zero-order valence-electron chi connectivity index (χ0n) is 33.2. The molecule has 51 heavy (non-hydrogen) atoms. The van der Waals surface area contributed by atoms with Crippen molar-refractivity contribution in [3.8, 4) is 50.6 Å². The number of furan rings is 1. The minimum atomic E-state index is -2.18. The Hall–Kier alpha value is -5.87. The van der Waals surface area contributed by atoms with E-state index in [1.54, 1.807) is 12.1 Å². The van der Waals surface area contributed by atoms with Gasteiger partial charge in [-0.15, -0.1) is 35.4 Å². The number of fused-ring (bicyclic) bond motifs is 2. The van der Waals surface area contributed by atoms with E-state index in [1.165, 1.54) is 35.5 Å². The molecular formula is C46H33IrN3O-2. The summed E-state index contributed by atoms with van der Waals surface area (Å²) in [6.45, 7) is -4.34. The van der Waals surface area contributed by atoms with Crippen LogP contribution in [-0.2, 0) is 20.1 Å². The molecule has 3 aromatic heterocycles. The number of hydrogen-bond acceptors (Lipinski definition) is 3. The fraction of sp³-hybridized carbons (Fsp3) is 0.0435. The second kappa shape index (κ2) is 14.9. The topological polar surface area (TPSA) is 43.9 Å². The second-order valence-electron chi connectivity index (χ2n) is 11.8. The number of pyridine rings is 1. The number of aromatic nitrogens is 3. The maximum absolute atomic E-state index is 7.28. The Morgan fingerprint density at radius 1 is 0.647 bits per heavy atom. The van der Waals surface area contributed by atoms with Gasteiger partial charge in [0.25, 0.3) is 0 Å². The first-order chi connectivity index (χ1) is 27.0. The average Bonchev–Trinajstić information content (AvgIpc) is 3.83. The molecule has 9 aromatic rings. The molecule has 3 heterocycles. The number of rotatable bonds is 5. The van der Waals surface area contributed by atoms with Crippen LogP contribution in [0.2, 0.25) is 0 Å². The van der Waals surface area contributed by atoms with Gasteiger partial charge in [-0.2, -0.15) is 0 Å². The van der Waals surface area contributed by atoms with Gasteiger partial charge in [0, 0.05) is 52.1 Å². The zero-order valence-corrected chi connectivity index (χ0v) is 29.6. The molecule has 0 amide bonds. The minimum absolute atomic E-state index is 0. The maximum atomic E-state index is 7.28. The number of nitrogens with zero attached hydrogens (tertiary/aromatic N) is 3. The third-order valence-electron chi connectivity index (χ3n) is 8.49. The fourth-order valence-corrected chi connectivity index (χ4v) is 5.98. The van der Waals surface area contributed by atoms with Crippen molar-refractivity contribution in [2.45, 2.75) is 13.7 Å². The molecule has 0 aliphatic rings. The second-order valence-corrected chi connectivity index (χ2v) is 11.8. The molecule has 1 radical (unpaired) electrons. The number of benzene rings is 6. The van der Waals surface area contributed by atoms with Crippen LogP contribution >= 0.6 is 0 Å². The smallest absolute Gasteiger partial charge is 0.0774 e. The monoisotopic (exact) mass is 842 g/mol. The molecule has 0 saturated carbocycles. The van der Waals surface area contributed by atoms with Crippen LogP contribution in [0.1, 0.15) is 19.4 Å². The molecular weight excluding hydrogens is 803 g/mol. The molecule has 0 aliphatic heterocycles. The maximum Gasteiger partial charge on any atom is 0.0774 e. The molecule has 0 atom stereocenters. The third kappa shape index (κ3) is 7.09. The summed E-state index contributed by atoms with van der Waals surface area (Å²) < 4.78 is 51.7. The Labute approximate surface area is 319 Å². The van der Waals surface area contributed by atoms with Gasteiger partial charge in [0.05, 0.1) is 16.9 Å². The van der Waals surface area contributed by atoms with Crippen LogP contribution in [-0.4, -0.2) is 14.5 Å². The summed E-state index contributed by atoms with van der Waals surface area (Å²) in [4.78, 5) is 9.08. The molecule has 0 spiro atoms. The summed E-state index contributed by atoms with van der Waals surface area (Å²) >= 11 is 0. The minimum Gasteiger partial charge on any atom is -0.557 e. The summed E-state index contributed by atoms with van der Waals surface area (Å²) in [6, 6.07) is 54.4. The summed E-state index contributed by atoms with van der Waals surface area (Å²) in [7, 11) is 0. The van der Waals surface area contributed by atoms with Gasteiger partial charge in [0.1, 0.15) is 0 Å². The van der Waals surface area contributed by atoms with Gasteiger partial charge in [-0.1, -0.05) is 133 Å². The predicted octanol–water partition coefficient (Wildman–Crippen LogP) is 11.7. The summed E-state index contributed by atoms with van der Waals surface area (Å²) in [5, 5.41) is 0.993. The van der Waals surface area contributed by atoms with Crippen molar-refractivity contribution in [1.82, 2.24) is 14.5 Å². The summed E-state index contributed by atoms with van der Waals surface area (Å²) in [5.74, 6) is 0.817. The van der Waals surface area contributed by atoms with E-state index in [4.69, 9.17) is 17.6 Å². The van der Waals surface area contributed by atoms with E-state index in [9.17, 15) is 0 Å². The van der Waals surface area contributed by atoms with Crippen molar-refractivity contribution in [3.05, 3.63) is 187 Å². The van der Waals surface area contributed by atoms with E-state index in [0.717, 1.165) is 50.2 Å². The first-order valence-corrected chi connectivity index (χ1v) is 16.2. The fourth-order valence-electron chi connectivity index (χ4n) is 5.98. The van der Waals surface area contributed by atoms with Gasteiger partial charge in [-0.05, 0) is 64.6 Å². The van der Waals surface area contributed by atoms with E-state index in [2.05, 4.69) is 101 Å². The molecule has 4 nitrogen and oxygen atoms in total. The molecule has 0 bridgehead atoms. The first-order valence-electron chi connectivity index (χ1n) is 19.2. The van der Waals surface area contributed by atoms with Gasteiger partial charge >= 0.3 is 0 Å². The number of aryl methyl sites for hydroxylation is 2. The Balaban J connectivity index is 0.000000202. The van der Waals surface area contributed by atoms with Gasteiger partial charge < -0.3 is 14.0 Å². The van der Waals surface area contributed by atoms with Crippen LogP contribution < -0.4 is 0 Å². The quantitative estimate of drug-likeness (QED) is 0.162. The summed E-state index contributed by atoms with van der Waals surface area (Å²) in [5.41, 5.74) is 10.9. The first kappa shape index (κ1) is 26.9. The Morgan fingerprint density at radius 3 is 2.02 bits per heavy atom. The SMILES string of the molecule is [2H]C([2H])([2H])c1c[c-]c(-c2ccc(C([2H])([2H])[2H])cn2)cc1.[Ir].[c-]1oc2ccc(-c3ccc(-c4ccccc4)cc3)cc2c1-c1nc2ccccc2n1-c1ccccc1. The van der Waals surface area contributed by atoms with E-state index in [0.29, 0.717) is 11.3 Å². The van der Waals surface area contributed by atoms with E-state index >= 15 is 0 Å². The predicted molar refractivity (Wildman–Crippen MR) is 204 cm³/mol.